The summed E-state index contributed by atoms with van der Waals surface area (Å²) in [4.78, 5) is 51.3. The van der Waals surface area contributed by atoms with Gasteiger partial charge in [0, 0.05) is 14.2 Å². The molecular formula is C29H44F8O10. The van der Waals surface area contributed by atoms with Crippen molar-refractivity contribution in [1.29, 1.82) is 0 Å². The number of alkyl halides is 8. The first-order valence-corrected chi connectivity index (χ1v) is 14.9. The zero-order chi connectivity index (χ0) is 36.4. The number of ether oxygens (including phenoxy) is 6. The van der Waals surface area contributed by atoms with E-state index in [-0.39, 0.29) is 45.9 Å². The summed E-state index contributed by atoms with van der Waals surface area (Å²) >= 11 is 0. The molecule has 0 N–H and O–H groups in total. The molecule has 47 heavy (non-hydrogen) atoms. The fourth-order valence-electron chi connectivity index (χ4n) is 4.11. The molecule has 0 rings (SSSR count). The SMILES string of the molecule is CCCCOC(=O)C(CC(C)C(=O)OCCOC)CC(CC(CC)C(=O)OCCOC)C(=O)OCC(F)(F)C(F)(F)C(F)(F)C(F)F. The molecular weight excluding hydrogens is 660 g/mol. The van der Waals surface area contributed by atoms with Crippen LogP contribution in [0.2, 0.25) is 0 Å². The zero-order valence-electron chi connectivity index (χ0n) is 27.0. The van der Waals surface area contributed by atoms with E-state index < -0.39 is 91.2 Å². The predicted octanol–water partition coefficient (Wildman–Crippen LogP) is 5.49. The summed E-state index contributed by atoms with van der Waals surface area (Å²) in [7, 11) is 2.68. The maximum Gasteiger partial charge on any atom is 0.381 e. The van der Waals surface area contributed by atoms with Gasteiger partial charge in [-0.1, -0.05) is 27.2 Å². The van der Waals surface area contributed by atoms with Gasteiger partial charge in [-0.25, -0.2) is 8.78 Å². The lowest BCUT2D eigenvalue weighted by Crippen LogP contribution is -2.59. The highest BCUT2D eigenvalue weighted by Gasteiger charge is 2.75. The maximum absolute atomic E-state index is 14.2. The molecule has 0 aromatic heterocycles. The van der Waals surface area contributed by atoms with E-state index in [1.807, 2.05) is 0 Å². The maximum atomic E-state index is 14.2. The van der Waals surface area contributed by atoms with E-state index in [1.165, 1.54) is 28.1 Å². The van der Waals surface area contributed by atoms with Gasteiger partial charge in [0.2, 0.25) is 0 Å². The Labute approximate surface area is 268 Å². The van der Waals surface area contributed by atoms with E-state index in [0.717, 1.165) is 0 Å². The summed E-state index contributed by atoms with van der Waals surface area (Å²) in [6.07, 6.45) is -5.69. The topological polar surface area (TPSA) is 124 Å². The van der Waals surface area contributed by atoms with Crippen LogP contribution in [0, 0.1) is 23.7 Å². The predicted molar refractivity (Wildman–Crippen MR) is 147 cm³/mol. The number of hydrogen-bond acceptors (Lipinski definition) is 10. The van der Waals surface area contributed by atoms with Gasteiger partial charge in [0.15, 0.2) is 6.61 Å². The van der Waals surface area contributed by atoms with Gasteiger partial charge in [-0.3, -0.25) is 19.2 Å². The molecule has 0 aliphatic rings. The van der Waals surface area contributed by atoms with Crippen LogP contribution in [0.25, 0.3) is 0 Å². The van der Waals surface area contributed by atoms with Crippen molar-refractivity contribution < 1.29 is 82.7 Å². The van der Waals surface area contributed by atoms with Crippen molar-refractivity contribution in [2.24, 2.45) is 23.7 Å². The summed E-state index contributed by atoms with van der Waals surface area (Å²) in [6.45, 7) is 1.55. The fraction of sp³-hybridized carbons (Fsp3) is 0.862. The first-order chi connectivity index (χ1) is 21.8. The fourth-order valence-corrected chi connectivity index (χ4v) is 4.11. The first kappa shape index (κ1) is 44.2. The molecule has 0 aromatic carbocycles. The zero-order valence-corrected chi connectivity index (χ0v) is 27.0. The molecule has 276 valence electrons. The largest absolute Gasteiger partial charge is 0.465 e. The minimum Gasteiger partial charge on any atom is -0.465 e. The molecule has 10 nitrogen and oxygen atoms in total. The molecule has 0 amide bonds. The average molecular weight is 705 g/mol. The van der Waals surface area contributed by atoms with Crippen molar-refractivity contribution >= 4 is 23.9 Å². The third kappa shape index (κ3) is 14.1. The molecule has 0 saturated heterocycles. The second kappa shape index (κ2) is 21.3. The molecule has 0 fully saturated rings. The molecule has 0 aromatic rings. The number of hydrogen-bond donors (Lipinski definition) is 0. The number of unbranched alkanes of at least 4 members (excludes halogenated alkanes) is 1. The van der Waals surface area contributed by atoms with Crippen LogP contribution in [0.1, 0.15) is 59.3 Å². The lowest BCUT2D eigenvalue weighted by molar-refractivity contribution is -0.344. The minimum absolute atomic E-state index is 0.00969. The Bertz CT molecular complexity index is 967. The van der Waals surface area contributed by atoms with Crippen LogP contribution in [0.15, 0.2) is 0 Å². The monoisotopic (exact) mass is 704 g/mol. The normalized spacial score (nSPS) is 15.0. The van der Waals surface area contributed by atoms with E-state index >= 15 is 0 Å². The van der Waals surface area contributed by atoms with Crippen molar-refractivity contribution in [1.82, 2.24) is 0 Å². The number of carbonyl (C=O) groups excluding carboxylic acids is 4. The Morgan fingerprint density at radius 2 is 1.06 bits per heavy atom. The molecule has 0 saturated carbocycles. The molecule has 18 heteroatoms. The van der Waals surface area contributed by atoms with Gasteiger partial charge in [-0.05, 0) is 32.1 Å². The number of carbonyl (C=O) groups is 4. The van der Waals surface area contributed by atoms with Crippen LogP contribution in [0.3, 0.4) is 0 Å². The molecule has 4 unspecified atom stereocenters. The number of methoxy groups -OCH3 is 2. The van der Waals surface area contributed by atoms with Crippen molar-refractivity contribution in [2.75, 3.05) is 53.9 Å². The van der Waals surface area contributed by atoms with E-state index in [9.17, 15) is 54.3 Å². The highest BCUT2D eigenvalue weighted by atomic mass is 19.4. The van der Waals surface area contributed by atoms with Gasteiger partial charge >= 0.3 is 48.1 Å². The van der Waals surface area contributed by atoms with Crippen LogP contribution in [0.5, 0.6) is 0 Å². The molecule has 0 aliphatic carbocycles. The summed E-state index contributed by atoms with van der Waals surface area (Å²) < 4.78 is 137. The molecule has 0 heterocycles. The van der Waals surface area contributed by atoms with Gasteiger partial charge in [0.25, 0.3) is 0 Å². The van der Waals surface area contributed by atoms with Crippen LogP contribution >= 0.6 is 0 Å². The van der Waals surface area contributed by atoms with Crippen molar-refractivity contribution in [3.05, 3.63) is 0 Å². The minimum atomic E-state index is -6.63. The summed E-state index contributed by atoms with van der Waals surface area (Å²) in [6, 6.07) is 0. The smallest absolute Gasteiger partial charge is 0.381 e. The highest BCUT2D eigenvalue weighted by molar-refractivity contribution is 5.79. The Hall–Kier alpha value is -2.76. The second-order valence-electron chi connectivity index (χ2n) is 10.8. The Kier molecular flexibility index (Phi) is 20.0. The van der Waals surface area contributed by atoms with E-state index in [2.05, 4.69) is 4.74 Å². The Morgan fingerprint density at radius 1 is 0.617 bits per heavy atom. The number of rotatable bonds is 25. The van der Waals surface area contributed by atoms with Gasteiger partial charge in [-0.2, -0.15) is 26.3 Å². The second-order valence-corrected chi connectivity index (χ2v) is 10.8. The molecule has 0 bridgehead atoms. The third-order valence-electron chi connectivity index (χ3n) is 7.02. The third-order valence-corrected chi connectivity index (χ3v) is 7.02. The summed E-state index contributed by atoms with van der Waals surface area (Å²) in [5, 5.41) is 0. The van der Waals surface area contributed by atoms with Crippen LogP contribution in [-0.2, 0) is 47.6 Å². The highest BCUT2D eigenvalue weighted by Crippen LogP contribution is 2.48. The van der Waals surface area contributed by atoms with Gasteiger partial charge < -0.3 is 28.4 Å². The first-order valence-electron chi connectivity index (χ1n) is 14.9. The van der Waals surface area contributed by atoms with Gasteiger partial charge in [0.1, 0.15) is 13.2 Å². The molecule has 0 spiro atoms. The Balaban J connectivity index is 6.37. The molecule has 0 radical (unpaired) electrons. The van der Waals surface area contributed by atoms with Crippen LogP contribution in [-0.4, -0.2) is 102 Å². The van der Waals surface area contributed by atoms with Crippen molar-refractivity contribution in [3.8, 4) is 0 Å². The number of halogens is 8. The van der Waals surface area contributed by atoms with Gasteiger partial charge in [0.05, 0.1) is 43.5 Å². The molecule has 0 aliphatic heterocycles. The quantitative estimate of drug-likeness (QED) is 0.0522. The lowest BCUT2D eigenvalue weighted by Gasteiger charge is -2.32. The van der Waals surface area contributed by atoms with Crippen LogP contribution < -0.4 is 0 Å². The Morgan fingerprint density at radius 3 is 1.55 bits per heavy atom. The lowest BCUT2D eigenvalue weighted by atomic mass is 9.82. The average Bonchev–Trinajstić information content (AvgIpc) is 3.00. The summed E-state index contributed by atoms with van der Waals surface area (Å²) in [5.41, 5.74) is 0. The van der Waals surface area contributed by atoms with E-state index in [4.69, 9.17) is 23.7 Å². The number of esters is 4. The van der Waals surface area contributed by atoms with E-state index in [1.54, 1.807) is 6.92 Å². The summed E-state index contributed by atoms with van der Waals surface area (Å²) in [5.74, 6) is -28.6. The molecule has 4 atom stereocenters. The van der Waals surface area contributed by atoms with Gasteiger partial charge in [-0.15, -0.1) is 0 Å². The standard InChI is InChI=1S/C29H44F8O10/c1-6-8-9-44-24(40)20(14-18(3)22(38)45-12-10-42-4)16-21(15-19(7-2)23(39)46-13-11-43-5)25(41)47-17-27(32,33)29(36,37)28(34,35)26(30)31/h18-21,26H,6-17H2,1-5H3. The van der Waals surface area contributed by atoms with Crippen molar-refractivity contribution in [2.45, 2.75) is 83.5 Å². The van der Waals surface area contributed by atoms with Crippen molar-refractivity contribution in [3.63, 3.8) is 0 Å². The van der Waals surface area contributed by atoms with E-state index in [0.29, 0.717) is 12.8 Å². The van der Waals surface area contributed by atoms with Crippen LogP contribution in [0.4, 0.5) is 35.1 Å².